The maximum Gasteiger partial charge on any atom is 0.230 e. The van der Waals surface area contributed by atoms with Crippen molar-refractivity contribution in [2.24, 2.45) is 0 Å². The summed E-state index contributed by atoms with van der Waals surface area (Å²) < 4.78 is 5.29. The van der Waals surface area contributed by atoms with Crippen LogP contribution in [0.25, 0.3) is 0 Å². The van der Waals surface area contributed by atoms with Gasteiger partial charge in [0.15, 0.2) is 0 Å². The molecule has 1 aliphatic heterocycles. The highest BCUT2D eigenvalue weighted by atomic mass is 16.4. The number of aromatic nitrogens is 2. The van der Waals surface area contributed by atoms with Gasteiger partial charge in [0.1, 0.15) is 11.9 Å². The Bertz CT molecular complexity index is 694. The van der Waals surface area contributed by atoms with Crippen molar-refractivity contribution < 1.29 is 14.3 Å². The zero-order chi connectivity index (χ0) is 16.5. The molecular formula is C18H23N3O3. The molecule has 4 rings (SSSR count). The minimum absolute atomic E-state index is 0.0786. The lowest BCUT2D eigenvalue weighted by atomic mass is 9.86. The van der Waals surface area contributed by atoms with Crippen LogP contribution in [0.3, 0.4) is 0 Å². The highest BCUT2D eigenvalue weighted by Crippen LogP contribution is 2.35. The number of rotatable bonds is 4. The molecule has 0 saturated carbocycles. The first-order valence-corrected chi connectivity index (χ1v) is 8.78. The second-order valence-corrected chi connectivity index (χ2v) is 6.84. The number of fused-ring (bicyclic) bond motifs is 1. The lowest BCUT2D eigenvalue weighted by molar-refractivity contribution is -0.134. The van der Waals surface area contributed by atoms with Crippen molar-refractivity contribution in [2.75, 3.05) is 6.54 Å². The van der Waals surface area contributed by atoms with E-state index < -0.39 is 6.10 Å². The van der Waals surface area contributed by atoms with E-state index in [0.717, 1.165) is 49.9 Å². The van der Waals surface area contributed by atoms with Crippen LogP contribution in [0.2, 0.25) is 0 Å². The van der Waals surface area contributed by atoms with Crippen LogP contribution in [0, 0.1) is 0 Å². The van der Waals surface area contributed by atoms with Gasteiger partial charge in [-0.05, 0) is 44.2 Å². The molecule has 0 aromatic carbocycles. The van der Waals surface area contributed by atoms with Crippen LogP contribution in [0.1, 0.15) is 61.1 Å². The third-order valence-electron chi connectivity index (χ3n) is 5.37. The third-order valence-corrected chi connectivity index (χ3v) is 5.37. The van der Waals surface area contributed by atoms with Crippen molar-refractivity contribution in [1.82, 2.24) is 15.1 Å². The van der Waals surface area contributed by atoms with E-state index >= 15 is 0 Å². The number of aliphatic hydroxyl groups is 1. The second-order valence-electron chi connectivity index (χ2n) is 6.84. The molecule has 1 fully saturated rings. The van der Waals surface area contributed by atoms with Gasteiger partial charge in [0, 0.05) is 30.3 Å². The normalized spacial score (nSPS) is 24.8. The fourth-order valence-electron chi connectivity index (χ4n) is 4.14. The first-order valence-electron chi connectivity index (χ1n) is 8.78. The molecular weight excluding hydrogens is 306 g/mol. The van der Waals surface area contributed by atoms with Crippen LogP contribution in [0.5, 0.6) is 0 Å². The highest BCUT2D eigenvalue weighted by Gasteiger charge is 2.37. The Labute approximate surface area is 140 Å². The number of amides is 1. The third kappa shape index (κ3) is 2.75. The molecule has 0 bridgehead atoms. The Morgan fingerprint density at radius 2 is 2.38 bits per heavy atom. The number of aliphatic hydroxyl groups excluding tert-OH is 1. The van der Waals surface area contributed by atoms with E-state index in [1.165, 1.54) is 0 Å². The van der Waals surface area contributed by atoms with Crippen LogP contribution in [0.15, 0.2) is 29.0 Å². The molecule has 24 heavy (non-hydrogen) atoms. The van der Waals surface area contributed by atoms with Gasteiger partial charge in [-0.15, -0.1) is 0 Å². The van der Waals surface area contributed by atoms with Gasteiger partial charge in [-0.3, -0.25) is 9.89 Å². The number of hydrogen-bond acceptors (Lipinski definition) is 4. The number of aromatic amines is 1. The maximum atomic E-state index is 13.1. The summed E-state index contributed by atoms with van der Waals surface area (Å²) in [4.78, 5) is 15.1. The summed E-state index contributed by atoms with van der Waals surface area (Å²) in [6.45, 7) is 0.776. The summed E-state index contributed by atoms with van der Waals surface area (Å²) in [5.74, 6) is 0.671. The van der Waals surface area contributed by atoms with Crippen LogP contribution in [0.4, 0.5) is 0 Å². The van der Waals surface area contributed by atoms with Crippen LogP contribution in [-0.2, 0) is 11.2 Å². The van der Waals surface area contributed by atoms with Gasteiger partial charge >= 0.3 is 0 Å². The molecule has 6 nitrogen and oxygen atoms in total. The molecule has 3 heterocycles. The van der Waals surface area contributed by atoms with E-state index in [-0.39, 0.29) is 17.9 Å². The van der Waals surface area contributed by atoms with Gasteiger partial charge in [-0.1, -0.05) is 0 Å². The number of carbonyl (C=O) groups is 1. The molecule has 2 aliphatic rings. The average Bonchev–Trinajstić information content (AvgIpc) is 3.33. The first kappa shape index (κ1) is 15.4. The number of hydrogen-bond donors (Lipinski definition) is 2. The lowest BCUT2D eigenvalue weighted by Crippen LogP contribution is -2.40. The fraction of sp³-hybridized carbons (Fsp3) is 0.556. The van der Waals surface area contributed by atoms with Gasteiger partial charge in [-0.2, -0.15) is 5.10 Å². The molecule has 0 unspecified atom stereocenters. The monoisotopic (exact) mass is 329 g/mol. The predicted molar refractivity (Wildman–Crippen MR) is 87.3 cm³/mol. The van der Waals surface area contributed by atoms with Crippen molar-refractivity contribution in [3.8, 4) is 0 Å². The number of likely N-dealkylation sites (tertiary alicyclic amines) is 1. The van der Waals surface area contributed by atoms with Crippen molar-refractivity contribution in [2.45, 2.75) is 56.6 Å². The summed E-state index contributed by atoms with van der Waals surface area (Å²) >= 11 is 0. The van der Waals surface area contributed by atoms with E-state index in [9.17, 15) is 9.90 Å². The Hall–Kier alpha value is -2.08. The van der Waals surface area contributed by atoms with Gasteiger partial charge in [-0.25, -0.2) is 0 Å². The van der Waals surface area contributed by atoms with Crippen molar-refractivity contribution in [3.63, 3.8) is 0 Å². The summed E-state index contributed by atoms with van der Waals surface area (Å²) in [7, 11) is 0. The summed E-state index contributed by atoms with van der Waals surface area (Å²) in [6.07, 6.45) is 8.05. The van der Waals surface area contributed by atoms with Crippen LogP contribution < -0.4 is 0 Å². The number of nitrogens with one attached hydrogen (secondary N) is 1. The molecule has 6 heteroatoms. The van der Waals surface area contributed by atoms with E-state index in [0.29, 0.717) is 12.2 Å². The van der Waals surface area contributed by atoms with E-state index in [1.807, 2.05) is 4.90 Å². The second kappa shape index (κ2) is 6.43. The topological polar surface area (TPSA) is 82.4 Å². The minimum atomic E-state index is -0.658. The molecule has 2 aromatic heterocycles. The lowest BCUT2D eigenvalue weighted by Gasteiger charge is -2.31. The molecule has 3 atom stereocenters. The standard InChI is InChI=1S/C18H23N3O3/c22-16(17-7-3-9-24-17)10-12-4-2-8-21(12)18(23)13-5-1-6-15-14(13)11-19-20-15/h3,7,9,11-13,16,22H,1-2,4-6,8,10H2,(H,19,20)/t12-,13+,16+/m0/s1. The largest absolute Gasteiger partial charge is 0.467 e. The van der Waals surface area contributed by atoms with E-state index in [4.69, 9.17) is 4.42 Å². The Morgan fingerprint density at radius 1 is 1.46 bits per heavy atom. The summed E-state index contributed by atoms with van der Waals surface area (Å²) in [5.41, 5.74) is 2.16. The SMILES string of the molecule is O=C([C@@H]1CCCc2[nH]ncc21)N1CCC[C@H]1C[C@@H](O)c1ccco1. The molecule has 0 radical (unpaired) electrons. The van der Waals surface area contributed by atoms with Gasteiger partial charge < -0.3 is 14.4 Å². The Balaban J connectivity index is 1.48. The zero-order valence-electron chi connectivity index (χ0n) is 13.6. The number of H-pyrrole nitrogens is 1. The van der Waals surface area contributed by atoms with Crippen molar-refractivity contribution >= 4 is 5.91 Å². The quantitative estimate of drug-likeness (QED) is 0.903. The van der Waals surface area contributed by atoms with Crippen LogP contribution in [-0.4, -0.2) is 38.7 Å². The molecule has 128 valence electrons. The average molecular weight is 329 g/mol. The first-order chi connectivity index (χ1) is 11.7. The molecule has 1 aliphatic carbocycles. The van der Waals surface area contributed by atoms with Crippen molar-refractivity contribution in [3.05, 3.63) is 41.6 Å². The van der Waals surface area contributed by atoms with Crippen molar-refractivity contribution in [1.29, 1.82) is 0 Å². The molecule has 1 amide bonds. The zero-order valence-corrected chi connectivity index (χ0v) is 13.6. The minimum Gasteiger partial charge on any atom is -0.467 e. The maximum absolute atomic E-state index is 13.1. The van der Waals surface area contributed by atoms with Gasteiger partial charge in [0.2, 0.25) is 5.91 Å². The Morgan fingerprint density at radius 3 is 3.21 bits per heavy atom. The molecule has 1 saturated heterocycles. The van der Waals surface area contributed by atoms with Crippen LogP contribution >= 0.6 is 0 Å². The van der Waals surface area contributed by atoms with Gasteiger partial charge in [0.25, 0.3) is 0 Å². The fourth-order valence-corrected chi connectivity index (χ4v) is 4.14. The highest BCUT2D eigenvalue weighted by molar-refractivity contribution is 5.84. The number of aryl methyl sites for hydroxylation is 1. The van der Waals surface area contributed by atoms with E-state index in [1.54, 1.807) is 24.6 Å². The molecule has 2 N–H and O–H groups in total. The number of furan rings is 1. The molecule has 2 aromatic rings. The summed E-state index contributed by atoms with van der Waals surface area (Å²) in [6, 6.07) is 3.64. The summed E-state index contributed by atoms with van der Waals surface area (Å²) in [5, 5.41) is 17.5. The number of nitrogens with zero attached hydrogens (tertiary/aromatic N) is 2. The smallest absolute Gasteiger partial charge is 0.230 e. The molecule has 0 spiro atoms. The Kier molecular flexibility index (Phi) is 4.14. The number of carbonyl (C=O) groups excluding carboxylic acids is 1. The predicted octanol–water partition coefficient (Wildman–Crippen LogP) is 2.54. The van der Waals surface area contributed by atoms with Gasteiger partial charge in [0.05, 0.1) is 18.4 Å². The van der Waals surface area contributed by atoms with E-state index in [2.05, 4.69) is 10.2 Å².